The molecule has 0 spiro atoms. The number of phenolic OH excluding ortho intramolecular Hbond substituents is 1. The van der Waals surface area contributed by atoms with Crippen LogP contribution >= 0.6 is 0 Å². The van der Waals surface area contributed by atoms with E-state index in [0.29, 0.717) is 11.1 Å². The van der Waals surface area contributed by atoms with E-state index in [0.717, 1.165) is 6.07 Å². The average Bonchev–Trinajstić information content (AvgIpc) is 2.38. The Morgan fingerprint density at radius 3 is 2.53 bits per heavy atom. The second-order valence-corrected chi connectivity index (χ2v) is 4.15. The van der Waals surface area contributed by atoms with E-state index in [1.807, 2.05) is 6.07 Å². The number of benzene rings is 2. The molecule has 3 rings (SSSR count). The first-order chi connectivity index (χ1) is 9.15. The van der Waals surface area contributed by atoms with Gasteiger partial charge in [0.15, 0.2) is 0 Å². The molecule has 0 atom stereocenters. The summed E-state index contributed by atoms with van der Waals surface area (Å²) in [4.78, 5) is 11.5. The summed E-state index contributed by atoms with van der Waals surface area (Å²) in [7, 11) is 0. The second-order valence-electron chi connectivity index (χ2n) is 4.15. The molecule has 0 aliphatic heterocycles. The van der Waals surface area contributed by atoms with Gasteiger partial charge in [-0.3, -0.25) is 0 Å². The quantitative estimate of drug-likeness (QED) is 0.679. The molecule has 3 aromatic rings. The van der Waals surface area contributed by atoms with Crippen molar-refractivity contribution in [2.45, 2.75) is 0 Å². The molecule has 0 saturated carbocycles. The largest absolute Gasteiger partial charge is 0.508 e. The van der Waals surface area contributed by atoms with Crippen molar-refractivity contribution in [3.63, 3.8) is 0 Å². The van der Waals surface area contributed by atoms with Crippen molar-refractivity contribution in [2.24, 2.45) is 0 Å². The SMILES string of the molecule is O=c1cc(-c2ccccc2)c2c(F)cc(O)cc2o1. The summed E-state index contributed by atoms with van der Waals surface area (Å²) >= 11 is 0. The van der Waals surface area contributed by atoms with Gasteiger partial charge in [0.2, 0.25) is 0 Å². The minimum absolute atomic E-state index is 0.0313. The van der Waals surface area contributed by atoms with Gasteiger partial charge >= 0.3 is 5.63 Å². The monoisotopic (exact) mass is 256 g/mol. The lowest BCUT2D eigenvalue weighted by molar-refractivity contribution is 0.467. The summed E-state index contributed by atoms with van der Waals surface area (Å²) in [6.07, 6.45) is 0. The van der Waals surface area contributed by atoms with Gasteiger partial charge in [0.25, 0.3) is 0 Å². The fourth-order valence-corrected chi connectivity index (χ4v) is 2.08. The Labute approximate surface area is 107 Å². The highest BCUT2D eigenvalue weighted by atomic mass is 19.1. The molecule has 0 aliphatic rings. The molecule has 1 heterocycles. The second kappa shape index (κ2) is 4.24. The molecule has 0 amide bonds. The van der Waals surface area contributed by atoms with Gasteiger partial charge in [0.05, 0.1) is 5.39 Å². The zero-order valence-corrected chi connectivity index (χ0v) is 9.76. The van der Waals surface area contributed by atoms with Crippen LogP contribution in [0.3, 0.4) is 0 Å². The Bertz CT molecular complexity index is 807. The van der Waals surface area contributed by atoms with Crippen LogP contribution in [0.2, 0.25) is 0 Å². The summed E-state index contributed by atoms with van der Waals surface area (Å²) in [6, 6.07) is 12.5. The molecule has 0 saturated heterocycles. The fourth-order valence-electron chi connectivity index (χ4n) is 2.08. The number of hydrogen-bond donors (Lipinski definition) is 1. The van der Waals surface area contributed by atoms with Crippen LogP contribution in [0.25, 0.3) is 22.1 Å². The van der Waals surface area contributed by atoms with Gasteiger partial charge < -0.3 is 9.52 Å². The zero-order chi connectivity index (χ0) is 13.4. The van der Waals surface area contributed by atoms with Crippen molar-refractivity contribution in [1.29, 1.82) is 0 Å². The Morgan fingerprint density at radius 1 is 1.05 bits per heavy atom. The van der Waals surface area contributed by atoms with Gasteiger partial charge in [-0.05, 0) is 5.56 Å². The molecule has 0 aliphatic carbocycles. The summed E-state index contributed by atoms with van der Waals surface area (Å²) in [6.45, 7) is 0. The molecule has 1 aromatic heterocycles. The van der Waals surface area contributed by atoms with Gasteiger partial charge in [-0.1, -0.05) is 30.3 Å². The summed E-state index contributed by atoms with van der Waals surface area (Å²) in [5, 5.41) is 9.55. The molecule has 0 bridgehead atoms. The van der Waals surface area contributed by atoms with Gasteiger partial charge in [0.1, 0.15) is 17.1 Å². The van der Waals surface area contributed by atoms with Crippen LogP contribution < -0.4 is 5.63 Å². The first-order valence-electron chi connectivity index (χ1n) is 5.67. The highest BCUT2D eigenvalue weighted by molar-refractivity contribution is 5.94. The number of halogens is 1. The third-order valence-electron chi connectivity index (χ3n) is 2.87. The van der Waals surface area contributed by atoms with E-state index < -0.39 is 11.4 Å². The number of fused-ring (bicyclic) bond motifs is 1. The van der Waals surface area contributed by atoms with E-state index in [1.165, 1.54) is 12.1 Å². The lowest BCUT2D eigenvalue weighted by Gasteiger charge is -2.06. The third kappa shape index (κ3) is 1.97. The molecule has 2 aromatic carbocycles. The Hall–Kier alpha value is -2.62. The first-order valence-corrected chi connectivity index (χ1v) is 5.67. The predicted octanol–water partition coefficient (Wildman–Crippen LogP) is 3.30. The van der Waals surface area contributed by atoms with Gasteiger partial charge in [-0.25, -0.2) is 9.18 Å². The highest BCUT2D eigenvalue weighted by Crippen LogP contribution is 2.31. The Morgan fingerprint density at radius 2 is 1.79 bits per heavy atom. The third-order valence-corrected chi connectivity index (χ3v) is 2.87. The normalized spacial score (nSPS) is 10.8. The molecule has 19 heavy (non-hydrogen) atoms. The van der Waals surface area contributed by atoms with Crippen LogP contribution in [0.1, 0.15) is 0 Å². The molecule has 0 fully saturated rings. The summed E-state index contributed by atoms with van der Waals surface area (Å²) < 4.78 is 18.9. The molecule has 0 radical (unpaired) electrons. The lowest BCUT2D eigenvalue weighted by atomic mass is 10.0. The van der Waals surface area contributed by atoms with E-state index in [4.69, 9.17) is 4.42 Å². The van der Waals surface area contributed by atoms with Crippen molar-refractivity contribution >= 4 is 11.0 Å². The standard InChI is InChI=1S/C15H9FO3/c16-12-6-10(17)7-13-15(12)11(8-14(18)19-13)9-4-2-1-3-5-9/h1-8,17H. The smallest absolute Gasteiger partial charge is 0.336 e. The first kappa shape index (κ1) is 11.5. The lowest BCUT2D eigenvalue weighted by Crippen LogP contribution is -1.99. The van der Waals surface area contributed by atoms with Crippen molar-refractivity contribution in [2.75, 3.05) is 0 Å². The van der Waals surface area contributed by atoms with Crippen molar-refractivity contribution in [3.05, 3.63) is 64.8 Å². The maximum Gasteiger partial charge on any atom is 0.336 e. The Kier molecular flexibility index (Phi) is 2.56. The van der Waals surface area contributed by atoms with Gasteiger partial charge in [-0.2, -0.15) is 0 Å². The Balaban J connectivity index is 2.45. The van der Waals surface area contributed by atoms with Crippen molar-refractivity contribution < 1.29 is 13.9 Å². The molecular weight excluding hydrogens is 247 g/mol. The predicted molar refractivity (Wildman–Crippen MR) is 69.5 cm³/mol. The minimum atomic E-state index is -0.627. The number of hydrogen-bond acceptors (Lipinski definition) is 3. The molecule has 3 nitrogen and oxygen atoms in total. The van der Waals surface area contributed by atoms with E-state index in [1.54, 1.807) is 24.3 Å². The van der Waals surface area contributed by atoms with E-state index >= 15 is 0 Å². The van der Waals surface area contributed by atoms with Crippen LogP contribution in [0, 0.1) is 5.82 Å². The number of aromatic hydroxyl groups is 1. The molecule has 0 unspecified atom stereocenters. The van der Waals surface area contributed by atoms with Gasteiger partial charge in [-0.15, -0.1) is 0 Å². The number of phenols is 1. The molecule has 1 N–H and O–H groups in total. The van der Waals surface area contributed by atoms with E-state index in [-0.39, 0.29) is 16.7 Å². The van der Waals surface area contributed by atoms with Crippen molar-refractivity contribution in [3.8, 4) is 16.9 Å². The highest BCUT2D eigenvalue weighted by Gasteiger charge is 2.13. The van der Waals surface area contributed by atoms with Crippen LogP contribution in [-0.2, 0) is 0 Å². The van der Waals surface area contributed by atoms with E-state index in [2.05, 4.69) is 0 Å². The summed E-state index contributed by atoms with van der Waals surface area (Å²) in [5.74, 6) is -0.907. The van der Waals surface area contributed by atoms with Crippen molar-refractivity contribution in [1.82, 2.24) is 0 Å². The topological polar surface area (TPSA) is 50.4 Å². The fraction of sp³-hybridized carbons (Fsp3) is 0. The van der Waals surface area contributed by atoms with Crippen LogP contribution in [-0.4, -0.2) is 5.11 Å². The van der Waals surface area contributed by atoms with E-state index in [9.17, 15) is 14.3 Å². The maximum absolute atomic E-state index is 14.0. The van der Waals surface area contributed by atoms with Crippen LogP contribution in [0.4, 0.5) is 4.39 Å². The molecular formula is C15H9FO3. The zero-order valence-electron chi connectivity index (χ0n) is 9.76. The average molecular weight is 256 g/mol. The summed E-state index contributed by atoms with van der Waals surface area (Å²) in [5.41, 5.74) is 0.606. The maximum atomic E-state index is 14.0. The van der Waals surface area contributed by atoms with Crippen LogP contribution in [0.5, 0.6) is 5.75 Å². The number of rotatable bonds is 1. The minimum Gasteiger partial charge on any atom is -0.508 e. The van der Waals surface area contributed by atoms with Gasteiger partial charge in [0, 0.05) is 23.8 Å². The molecule has 4 heteroatoms. The van der Waals surface area contributed by atoms with Crippen LogP contribution in [0.15, 0.2) is 57.7 Å². The molecule has 94 valence electrons.